The number of fused-ring (bicyclic) bond motifs is 1. The zero-order chi connectivity index (χ0) is 21.1. The van der Waals surface area contributed by atoms with Crippen molar-refractivity contribution in [3.63, 3.8) is 0 Å². The Morgan fingerprint density at radius 3 is 2.71 bits per heavy atom. The van der Waals surface area contributed by atoms with Crippen molar-refractivity contribution in [3.05, 3.63) is 67.4 Å². The molecule has 1 aromatic heterocycles. The molecule has 2 aromatic carbocycles. The molecule has 0 N–H and O–H groups in total. The topological polar surface area (TPSA) is 28.5 Å². The van der Waals surface area contributed by atoms with Crippen molar-refractivity contribution in [1.82, 2.24) is 9.88 Å². The lowest BCUT2D eigenvalue weighted by Crippen LogP contribution is -2.14. The van der Waals surface area contributed by atoms with Crippen LogP contribution in [0.5, 0.6) is 0 Å². The van der Waals surface area contributed by atoms with Crippen molar-refractivity contribution in [2.45, 2.75) is 46.0 Å². The fraction of sp³-hybridized carbons (Fsp3) is 0.360. The Bertz CT molecular complexity index is 1080. The van der Waals surface area contributed by atoms with E-state index in [0.29, 0.717) is 0 Å². The Balaban J connectivity index is 0.00000272. The average Bonchev–Trinajstić information content (AvgIpc) is 3.23. The fourth-order valence-electron chi connectivity index (χ4n) is 3.83. The molecule has 164 valence electrons. The minimum Gasteiger partial charge on any atom is -0.366 e. The van der Waals surface area contributed by atoms with Gasteiger partial charge in [0.2, 0.25) is 0 Å². The molecule has 0 spiro atoms. The maximum Gasteiger partial charge on any atom is 0.0976 e. The van der Waals surface area contributed by atoms with Crippen LogP contribution in [0.3, 0.4) is 0 Å². The van der Waals surface area contributed by atoms with Gasteiger partial charge in [-0.3, -0.25) is 0 Å². The summed E-state index contributed by atoms with van der Waals surface area (Å²) in [4.78, 5) is 11.6. The van der Waals surface area contributed by atoms with Crippen LogP contribution >= 0.6 is 39.7 Å². The Kier molecular flexibility index (Phi) is 8.31. The van der Waals surface area contributed by atoms with Crippen LogP contribution < -0.4 is 0 Å². The van der Waals surface area contributed by atoms with Crippen LogP contribution in [0.1, 0.15) is 47.0 Å². The fourth-order valence-corrected chi connectivity index (χ4v) is 5.13. The van der Waals surface area contributed by atoms with Crippen LogP contribution in [0.25, 0.3) is 11.3 Å². The van der Waals surface area contributed by atoms with E-state index in [1.807, 2.05) is 13.4 Å². The molecule has 0 amide bonds. The number of rotatable bonds is 6. The molecule has 6 heteroatoms. The van der Waals surface area contributed by atoms with Crippen LogP contribution in [-0.4, -0.2) is 29.8 Å². The second kappa shape index (κ2) is 10.8. The summed E-state index contributed by atoms with van der Waals surface area (Å²) < 4.78 is 1.09. The second-order valence-electron chi connectivity index (χ2n) is 8.04. The highest BCUT2D eigenvalue weighted by Gasteiger charge is 2.13. The van der Waals surface area contributed by atoms with Gasteiger partial charge in [-0.1, -0.05) is 34.1 Å². The Hall–Kier alpha value is -1.69. The first-order valence-corrected chi connectivity index (χ1v) is 12.3. The highest BCUT2D eigenvalue weighted by atomic mass is 79.9. The molecule has 0 radical (unpaired) electrons. The molecule has 1 heterocycles. The largest absolute Gasteiger partial charge is 0.366 e. The molecule has 0 saturated carbocycles. The lowest BCUT2D eigenvalue weighted by molar-refractivity contribution is 0.552. The lowest BCUT2D eigenvalue weighted by Gasteiger charge is -2.16. The molecule has 1 aliphatic rings. The van der Waals surface area contributed by atoms with Crippen molar-refractivity contribution >= 4 is 51.7 Å². The van der Waals surface area contributed by atoms with E-state index >= 15 is 0 Å². The predicted octanol–water partition coefficient (Wildman–Crippen LogP) is 7.38. The first kappa shape index (κ1) is 24.0. The van der Waals surface area contributed by atoms with E-state index in [0.717, 1.165) is 33.8 Å². The van der Waals surface area contributed by atoms with Gasteiger partial charge in [0.1, 0.15) is 0 Å². The third kappa shape index (κ3) is 5.76. The highest BCUT2D eigenvalue weighted by Crippen LogP contribution is 2.32. The molecular formula is C25H29BrClN3S. The summed E-state index contributed by atoms with van der Waals surface area (Å²) >= 11 is 5.49. The molecule has 31 heavy (non-hydrogen) atoms. The quantitative estimate of drug-likeness (QED) is 0.251. The van der Waals surface area contributed by atoms with Gasteiger partial charge in [0.15, 0.2) is 0 Å². The van der Waals surface area contributed by atoms with Gasteiger partial charge < -0.3 is 4.90 Å². The molecule has 0 unspecified atom stereocenters. The molecule has 3 nitrogen and oxygen atoms in total. The summed E-state index contributed by atoms with van der Waals surface area (Å²) in [6, 6.07) is 11.2. The lowest BCUT2D eigenvalue weighted by atomic mass is 9.90. The molecule has 0 saturated heterocycles. The molecule has 0 atom stereocenters. The Morgan fingerprint density at radius 1 is 1.16 bits per heavy atom. The van der Waals surface area contributed by atoms with Gasteiger partial charge in [0.25, 0.3) is 0 Å². The van der Waals surface area contributed by atoms with Gasteiger partial charge in [-0.25, -0.2) is 9.98 Å². The van der Waals surface area contributed by atoms with Crippen molar-refractivity contribution in [1.29, 1.82) is 0 Å². The van der Waals surface area contributed by atoms with Crippen LogP contribution in [-0.2, 0) is 19.3 Å². The molecule has 4 rings (SSSR count). The van der Waals surface area contributed by atoms with Gasteiger partial charge in [0, 0.05) is 35.4 Å². The molecule has 0 fully saturated rings. The monoisotopic (exact) mass is 517 g/mol. The van der Waals surface area contributed by atoms with Crippen LogP contribution in [0, 0.1) is 6.92 Å². The number of nitrogens with zero attached hydrogens (tertiary/aromatic N) is 3. The van der Waals surface area contributed by atoms with E-state index in [9.17, 15) is 0 Å². The summed E-state index contributed by atoms with van der Waals surface area (Å²) in [5.41, 5.74) is 8.81. The Labute approximate surface area is 204 Å². The summed E-state index contributed by atoms with van der Waals surface area (Å²) in [7, 11) is 2.03. The molecule has 0 aliphatic heterocycles. The van der Waals surface area contributed by atoms with E-state index < -0.39 is 0 Å². The van der Waals surface area contributed by atoms with Gasteiger partial charge in [0.05, 0.1) is 22.7 Å². The third-order valence-corrected chi connectivity index (χ3v) is 7.38. The summed E-state index contributed by atoms with van der Waals surface area (Å²) in [5.74, 6) is 0. The smallest absolute Gasteiger partial charge is 0.0976 e. The van der Waals surface area contributed by atoms with Crippen molar-refractivity contribution in [2.24, 2.45) is 4.99 Å². The van der Waals surface area contributed by atoms with Crippen LogP contribution in [0.15, 0.2) is 45.2 Å². The SMILES string of the molecule is CCN(C)C=Nc1cc(Br)c(Cc2nc(-c3ccc4c(c3)CCCC4)cs2)cc1C.Cl. The standard InChI is InChI=1S/C25H28BrN3S.ClH/c1-4-29(3)16-27-23-14-22(26)21(11-17(23)2)13-25-28-24(15-30-25)20-10-9-18-7-5-6-8-19(18)12-20;/h9-12,14-16H,4-8,13H2,1-3H3;1H. The maximum atomic E-state index is 4.95. The van der Waals surface area contributed by atoms with E-state index in [-0.39, 0.29) is 12.4 Å². The predicted molar refractivity (Wildman–Crippen MR) is 140 cm³/mol. The second-order valence-corrected chi connectivity index (χ2v) is 9.84. The van der Waals surface area contributed by atoms with Crippen molar-refractivity contribution < 1.29 is 0 Å². The van der Waals surface area contributed by atoms with Gasteiger partial charge in [-0.15, -0.1) is 23.7 Å². The number of hydrogen-bond acceptors (Lipinski definition) is 3. The van der Waals surface area contributed by atoms with Crippen molar-refractivity contribution in [3.8, 4) is 11.3 Å². The summed E-state index contributed by atoms with van der Waals surface area (Å²) in [5, 5.41) is 3.34. The number of aliphatic imine (C=N–C) groups is 1. The van der Waals surface area contributed by atoms with E-state index in [1.54, 1.807) is 11.3 Å². The highest BCUT2D eigenvalue weighted by molar-refractivity contribution is 9.10. The average molecular weight is 519 g/mol. The van der Waals surface area contributed by atoms with Gasteiger partial charge in [-0.05, 0) is 73.9 Å². The molecule has 0 bridgehead atoms. The number of hydrogen-bond donors (Lipinski definition) is 0. The zero-order valence-electron chi connectivity index (χ0n) is 18.3. The van der Waals surface area contributed by atoms with E-state index in [2.05, 4.69) is 75.4 Å². The minimum absolute atomic E-state index is 0. The van der Waals surface area contributed by atoms with E-state index in [4.69, 9.17) is 4.98 Å². The first-order valence-electron chi connectivity index (χ1n) is 10.6. The minimum atomic E-state index is 0. The number of aromatic nitrogens is 1. The van der Waals surface area contributed by atoms with Gasteiger partial charge in [-0.2, -0.15) is 0 Å². The number of benzene rings is 2. The van der Waals surface area contributed by atoms with Crippen LogP contribution in [0.2, 0.25) is 0 Å². The number of thiazole rings is 1. The third-order valence-electron chi connectivity index (χ3n) is 5.80. The number of aryl methyl sites for hydroxylation is 3. The van der Waals surface area contributed by atoms with Gasteiger partial charge >= 0.3 is 0 Å². The van der Waals surface area contributed by atoms with Crippen molar-refractivity contribution in [2.75, 3.05) is 13.6 Å². The summed E-state index contributed by atoms with van der Waals surface area (Å²) in [6.45, 7) is 5.18. The number of halogens is 2. The van der Waals surface area contributed by atoms with Crippen LogP contribution in [0.4, 0.5) is 5.69 Å². The molecular weight excluding hydrogens is 490 g/mol. The first-order chi connectivity index (χ1) is 14.5. The molecule has 3 aromatic rings. The zero-order valence-corrected chi connectivity index (χ0v) is 21.5. The Morgan fingerprint density at radius 2 is 1.94 bits per heavy atom. The summed E-state index contributed by atoms with van der Waals surface area (Å²) in [6.07, 6.45) is 7.77. The van der Waals surface area contributed by atoms with E-state index in [1.165, 1.54) is 53.5 Å². The maximum absolute atomic E-state index is 4.95. The normalized spacial score (nSPS) is 13.2. The molecule has 1 aliphatic carbocycles.